The second kappa shape index (κ2) is 10.2. The second-order valence-electron chi connectivity index (χ2n) is 11.1. The summed E-state index contributed by atoms with van der Waals surface area (Å²) in [7, 11) is 0. The van der Waals surface area contributed by atoms with Gasteiger partial charge in [-0.1, -0.05) is 6.92 Å². The molecule has 3 aromatic heterocycles. The molecule has 2 atom stereocenters. The predicted octanol–water partition coefficient (Wildman–Crippen LogP) is 5.18. The SMILES string of the molecule is CCN1CC2CN(Cc3cnc(Nc4cc(-c5cc(F)c6nc(C)n(C(C)C)c6c5)c(F)cn4)nc3)CC2C1. The quantitative estimate of drug-likeness (QED) is 0.351. The third kappa shape index (κ3) is 4.98. The molecule has 204 valence electrons. The molecule has 1 aromatic carbocycles. The van der Waals surface area contributed by atoms with Gasteiger partial charge in [-0.25, -0.2) is 28.7 Å². The fraction of sp³-hybridized carbons (Fsp3) is 0.448. The molecule has 0 bridgehead atoms. The van der Waals surface area contributed by atoms with Gasteiger partial charge in [-0.2, -0.15) is 0 Å². The molecule has 39 heavy (non-hydrogen) atoms. The van der Waals surface area contributed by atoms with E-state index in [2.05, 4.69) is 42.0 Å². The number of nitrogens with one attached hydrogen (secondary N) is 1. The van der Waals surface area contributed by atoms with Gasteiger partial charge < -0.3 is 14.8 Å². The van der Waals surface area contributed by atoms with Crippen molar-refractivity contribution in [1.29, 1.82) is 0 Å². The van der Waals surface area contributed by atoms with E-state index in [1.54, 1.807) is 12.1 Å². The van der Waals surface area contributed by atoms with Gasteiger partial charge in [-0.3, -0.25) is 4.90 Å². The Hall–Kier alpha value is -3.50. The lowest BCUT2D eigenvalue weighted by Crippen LogP contribution is -2.28. The zero-order valence-corrected chi connectivity index (χ0v) is 22.8. The summed E-state index contributed by atoms with van der Waals surface area (Å²) in [5, 5.41) is 3.06. The Morgan fingerprint density at radius 1 is 0.923 bits per heavy atom. The normalized spacial score (nSPS) is 19.9. The van der Waals surface area contributed by atoms with Crippen LogP contribution in [0.3, 0.4) is 0 Å². The third-order valence-electron chi connectivity index (χ3n) is 8.04. The predicted molar refractivity (Wildman–Crippen MR) is 148 cm³/mol. The number of rotatable bonds is 7. The summed E-state index contributed by atoms with van der Waals surface area (Å²) in [5.41, 5.74) is 2.62. The van der Waals surface area contributed by atoms with Crippen molar-refractivity contribution >= 4 is 22.8 Å². The summed E-state index contributed by atoms with van der Waals surface area (Å²) >= 11 is 0. The molecule has 10 heteroatoms. The van der Waals surface area contributed by atoms with Gasteiger partial charge in [0.1, 0.15) is 23.0 Å². The minimum absolute atomic E-state index is 0.0841. The Bertz CT molecular complexity index is 1490. The van der Waals surface area contributed by atoms with Crippen molar-refractivity contribution in [2.24, 2.45) is 11.8 Å². The number of aromatic nitrogens is 5. The van der Waals surface area contributed by atoms with Crippen molar-refractivity contribution in [2.45, 2.75) is 40.3 Å². The number of benzene rings is 1. The first-order valence-corrected chi connectivity index (χ1v) is 13.7. The lowest BCUT2D eigenvalue weighted by Gasteiger charge is -2.20. The van der Waals surface area contributed by atoms with E-state index in [9.17, 15) is 8.78 Å². The van der Waals surface area contributed by atoms with Crippen LogP contribution in [0.4, 0.5) is 20.5 Å². The van der Waals surface area contributed by atoms with E-state index in [0.717, 1.165) is 49.8 Å². The number of likely N-dealkylation sites (tertiary alicyclic amines) is 2. The highest BCUT2D eigenvalue weighted by Gasteiger charge is 2.39. The lowest BCUT2D eigenvalue weighted by atomic mass is 10.0. The van der Waals surface area contributed by atoms with Crippen molar-refractivity contribution < 1.29 is 8.78 Å². The van der Waals surface area contributed by atoms with Gasteiger partial charge in [0.25, 0.3) is 0 Å². The van der Waals surface area contributed by atoms with Crippen LogP contribution < -0.4 is 5.32 Å². The standard InChI is InChI=1S/C29H34F2N8/c1-5-37-13-21-15-38(16-22(21)14-37)12-19-9-33-29(34-10-19)36-27-8-23(25(31)11-32-27)20-6-24(30)28-26(7-20)39(17(2)3)18(4)35-28/h6-11,17,21-22H,5,12-16H2,1-4H3,(H,32,33,34,36). The number of fused-ring (bicyclic) bond motifs is 2. The molecule has 2 fully saturated rings. The first-order valence-electron chi connectivity index (χ1n) is 13.7. The first kappa shape index (κ1) is 25.8. The molecule has 6 rings (SSSR count). The Kier molecular flexibility index (Phi) is 6.76. The number of hydrogen-bond acceptors (Lipinski definition) is 7. The smallest absolute Gasteiger partial charge is 0.228 e. The number of nitrogens with zero attached hydrogens (tertiary/aromatic N) is 7. The van der Waals surface area contributed by atoms with Gasteiger partial charge in [0.15, 0.2) is 5.82 Å². The van der Waals surface area contributed by atoms with Crippen LogP contribution in [-0.4, -0.2) is 67.0 Å². The Balaban J connectivity index is 1.18. The molecule has 0 amide bonds. The van der Waals surface area contributed by atoms with Crippen LogP contribution in [0.15, 0.2) is 36.8 Å². The van der Waals surface area contributed by atoms with Gasteiger partial charge in [-0.05, 0) is 62.9 Å². The largest absolute Gasteiger partial charge is 0.326 e. The molecule has 0 saturated carbocycles. The van der Waals surface area contributed by atoms with E-state index in [0.29, 0.717) is 28.7 Å². The highest BCUT2D eigenvalue weighted by atomic mass is 19.1. The zero-order valence-electron chi connectivity index (χ0n) is 22.8. The molecule has 1 N–H and O–H groups in total. The van der Waals surface area contributed by atoms with Crippen LogP contribution in [0.25, 0.3) is 22.2 Å². The van der Waals surface area contributed by atoms with E-state index < -0.39 is 11.6 Å². The molecule has 0 radical (unpaired) electrons. The van der Waals surface area contributed by atoms with Gasteiger partial charge in [0.2, 0.25) is 5.95 Å². The van der Waals surface area contributed by atoms with Crippen molar-refractivity contribution in [1.82, 2.24) is 34.3 Å². The van der Waals surface area contributed by atoms with Crippen LogP contribution in [0.2, 0.25) is 0 Å². The fourth-order valence-corrected chi connectivity index (χ4v) is 6.25. The molecule has 0 spiro atoms. The topological polar surface area (TPSA) is 75.0 Å². The number of anilines is 2. The van der Waals surface area contributed by atoms with Crippen molar-refractivity contribution in [3.8, 4) is 11.1 Å². The molecule has 2 unspecified atom stereocenters. The van der Waals surface area contributed by atoms with Gasteiger partial charge in [0, 0.05) is 62.3 Å². The van der Waals surface area contributed by atoms with E-state index in [4.69, 9.17) is 0 Å². The fourth-order valence-electron chi connectivity index (χ4n) is 6.25. The van der Waals surface area contributed by atoms with E-state index in [1.165, 1.54) is 19.2 Å². The molecule has 8 nitrogen and oxygen atoms in total. The first-order chi connectivity index (χ1) is 18.8. The minimum atomic E-state index is -0.541. The molecule has 2 saturated heterocycles. The molecular formula is C29H34F2N8. The maximum atomic E-state index is 15.0. The summed E-state index contributed by atoms with van der Waals surface area (Å²) in [6, 6.07) is 4.73. The summed E-state index contributed by atoms with van der Waals surface area (Å²) in [5.74, 6) is 1.95. The van der Waals surface area contributed by atoms with Crippen molar-refractivity contribution in [3.05, 3.63) is 59.8 Å². The number of pyridine rings is 1. The minimum Gasteiger partial charge on any atom is -0.326 e. The van der Waals surface area contributed by atoms with Gasteiger partial charge in [0.05, 0.1) is 11.7 Å². The lowest BCUT2D eigenvalue weighted by molar-refractivity contribution is 0.256. The van der Waals surface area contributed by atoms with Crippen LogP contribution in [-0.2, 0) is 6.54 Å². The Morgan fingerprint density at radius 3 is 2.28 bits per heavy atom. The molecule has 2 aliphatic heterocycles. The molecule has 0 aliphatic carbocycles. The molecular weight excluding hydrogens is 498 g/mol. The van der Waals surface area contributed by atoms with E-state index in [-0.39, 0.29) is 17.1 Å². The number of imidazole rings is 1. The van der Waals surface area contributed by atoms with Crippen molar-refractivity contribution in [3.63, 3.8) is 0 Å². The Morgan fingerprint density at radius 2 is 1.62 bits per heavy atom. The van der Waals surface area contributed by atoms with Crippen molar-refractivity contribution in [2.75, 3.05) is 38.0 Å². The summed E-state index contributed by atoms with van der Waals surface area (Å²) in [6.45, 7) is 14.7. The number of hydrogen-bond donors (Lipinski definition) is 1. The molecule has 5 heterocycles. The summed E-state index contributed by atoms with van der Waals surface area (Å²) in [6.07, 6.45) is 4.78. The number of aryl methyl sites for hydroxylation is 1. The second-order valence-corrected chi connectivity index (χ2v) is 11.1. The van der Waals surface area contributed by atoms with E-state index in [1.807, 2.05) is 37.7 Å². The molecule has 4 aromatic rings. The van der Waals surface area contributed by atoms with Crippen LogP contribution in [0.5, 0.6) is 0 Å². The Labute approximate surface area is 227 Å². The highest BCUT2D eigenvalue weighted by Crippen LogP contribution is 2.33. The van der Waals surface area contributed by atoms with Crippen LogP contribution >= 0.6 is 0 Å². The maximum Gasteiger partial charge on any atom is 0.228 e. The van der Waals surface area contributed by atoms with Crippen LogP contribution in [0.1, 0.15) is 38.2 Å². The average Bonchev–Trinajstić information content (AvgIpc) is 3.57. The highest BCUT2D eigenvalue weighted by molar-refractivity contribution is 5.84. The number of halogens is 2. The van der Waals surface area contributed by atoms with E-state index >= 15 is 0 Å². The summed E-state index contributed by atoms with van der Waals surface area (Å²) < 4.78 is 31.8. The zero-order chi connectivity index (χ0) is 27.3. The average molecular weight is 533 g/mol. The monoisotopic (exact) mass is 532 g/mol. The summed E-state index contributed by atoms with van der Waals surface area (Å²) in [4.78, 5) is 22.5. The van der Waals surface area contributed by atoms with Gasteiger partial charge >= 0.3 is 0 Å². The van der Waals surface area contributed by atoms with Crippen LogP contribution in [0, 0.1) is 30.4 Å². The maximum absolute atomic E-state index is 15.0. The van der Waals surface area contributed by atoms with Gasteiger partial charge in [-0.15, -0.1) is 0 Å². The molecule has 2 aliphatic rings. The third-order valence-corrected chi connectivity index (χ3v) is 8.04.